The second-order valence-electron chi connectivity index (χ2n) is 4.49. The van der Waals surface area contributed by atoms with Gasteiger partial charge in [-0.25, -0.2) is 0 Å². The van der Waals surface area contributed by atoms with Crippen molar-refractivity contribution in [2.45, 2.75) is 38.1 Å². The quantitative estimate of drug-likeness (QED) is 0.670. The van der Waals surface area contributed by atoms with Crippen molar-refractivity contribution >= 4 is 22.8 Å². The molecule has 0 unspecified atom stereocenters. The Morgan fingerprint density at radius 2 is 2.22 bits per heavy atom. The highest BCUT2D eigenvalue weighted by Crippen LogP contribution is 2.20. The van der Waals surface area contributed by atoms with E-state index in [1.54, 1.807) is 0 Å². The molecule has 1 fully saturated rings. The maximum Gasteiger partial charge on any atom is 0.245 e. The van der Waals surface area contributed by atoms with Gasteiger partial charge >= 0.3 is 0 Å². The Morgan fingerprint density at radius 1 is 1.44 bits per heavy atom. The summed E-state index contributed by atoms with van der Waals surface area (Å²) in [6.07, 6.45) is 7.16. The first-order valence-corrected chi connectivity index (χ1v) is 7.14. The van der Waals surface area contributed by atoms with Crippen LogP contribution in [0.1, 0.15) is 37.0 Å². The van der Waals surface area contributed by atoms with Gasteiger partial charge in [0.1, 0.15) is 6.07 Å². The maximum absolute atomic E-state index is 11.8. The van der Waals surface area contributed by atoms with Crippen LogP contribution in [0, 0.1) is 11.3 Å². The van der Waals surface area contributed by atoms with Gasteiger partial charge in [-0.3, -0.25) is 4.79 Å². The highest BCUT2D eigenvalue weighted by molar-refractivity contribution is 7.11. The molecule has 0 bridgehead atoms. The fourth-order valence-electron chi connectivity index (χ4n) is 2.21. The van der Waals surface area contributed by atoms with Crippen LogP contribution in [-0.4, -0.2) is 11.9 Å². The highest BCUT2D eigenvalue weighted by Gasteiger charge is 2.15. The number of rotatable bonds is 3. The Kier molecular flexibility index (Phi) is 4.54. The second-order valence-corrected chi connectivity index (χ2v) is 5.44. The van der Waals surface area contributed by atoms with Crippen molar-refractivity contribution in [3.05, 3.63) is 28.5 Å². The summed E-state index contributed by atoms with van der Waals surface area (Å²) in [5.74, 6) is -0.146. The van der Waals surface area contributed by atoms with Gasteiger partial charge in [-0.2, -0.15) is 5.26 Å². The lowest BCUT2D eigenvalue weighted by Gasteiger charge is -2.21. The van der Waals surface area contributed by atoms with Crippen LogP contribution in [0.5, 0.6) is 0 Å². The monoisotopic (exact) mass is 260 g/mol. The van der Waals surface area contributed by atoms with E-state index < -0.39 is 0 Å². The van der Waals surface area contributed by atoms with Crippen molar-refractivity contribution < 1.29 is 4.79 Å². The zero-order valence-electron chi connectivity index (χ0n) is 10.2. The van der Waals surface area contributed by atoms with Crippen LogP contribution in [0.4, 0.5) is 0 Å². The molecule has 1 saturated carbocycles. The molecule has 1 N–H and O–H groups in total. The highest BCUT2D eigenvalue weighted by atomic mass is 32.1. The Hall–Kier alpha value is -1.60. The first kappa shape index (κ1) is 12.8. The van der Waals surface area contributed by atoms with E-state index >= 15 is 0 Å². The molecule has 0 spiro atoms. The van der Waals surface area contributed by atoms with Crippen LogP contribution in [0.15, 0.2) is 23.6 Å². The number of carbonyl (C=O) groups is 1. The first-order chi connectivity index (χ1) is 8.79. The predicted octanol–water partition coefficient (Wildman–Crippen LogP) is 3.10. The number of amides is 1. The predicted molar refractivity (Wildman–Crippen MR) is 72.9 cm³/mol. The average molecular weight is 260 g/mol. The molecule has 18 heavy (non-hydrogen) atoms. The standard InChI is InChI=1S/C14H16N2OS/c15-10-11(13-7-4-8-18-13)9-14(17)16-12-5-2-1-3-6-12/h4,7-9,12H,1-3,5-6H2,(H,16,17)/b11-9-. The van der Waals surface area contributed by atoms with Crippen LogP contribution < -0.4 is 5.32 Å². The lowest BCUT2D eigenvalue weighted by Crippen LogP contribution is -2.35. The van der Waals surface area contributed by atoms with Gasteiger partial charge in [0.05, 0.1) is 5.57 Å². The summed E-state index contributed by atoms with van der Waals surface area (Å²) < 4.78 is 0. The molecular weight excluding hydrogens is 244 g/mol. The molecule has 0 saturated heterocycles. The smallest absolute Gasteiger partial charge is 0.245 e. The summed E-state index contributed by atoms with van der Waals surface area (Å²) in [6, 6.07) is 6.10. The van der Waals surface area contributed by atoms with Crippen molar-refractivity contribution in [3.8, 4) is 6.07 Å². The lowest BCUT2D eigenvalue weighted by atomic mass is 9.95. The third-order valence-corrected chi connectivity index (χ3v) is 4.04. The number of thiophene rings is 1. The fraction of sp³-hybridized carbons (Fsp3) is 0.429. The third-order valence-electron chi connectivity index (χ3n) is 3.13. The van der Waals surface area contributed by atoms with Gasteiger partial charge in [0.15, 0.2) is 0 Å². The Bertz CT molecular complexity index is 464. The van der Waals surface area contributed by atoms with Crippen molar-refractivity contribution in [1.29, 1.82) is 5.26 Å². The molecule has 1 amide bonds. The Morgan fingerprint density at radius 3 is 2.83 bits per heavy atom. The molecule has 0 atom stereocenters. The van der Waals surface area contributed by atoms with E-state index in [2.05, 4.69) is 11.4 Å². The normalized spacial score (nSPS) is 17.2. The molecule has 94 valence electrons. The molecule has 0 radical (unpaired) electrons. The van der Waals surface area contributed by atoms with Gasteiger partial charge in [-0.15, -0.1) is 11.3 Å². The van der Waals surface area contributed by atoms with Crippen LogP contribution >= 0.6 is 11.3 Å². The van der Waals surface area contributed by atoms with E-state index in [0.29, 0.717) is 5.57 Å². The first-order valence-electron chi connectivity index (χ1n) is 6.26. The molecule has 3 nitrogen and oxygen atoms in total. The number of hydrogen-bond acceptors (Lipinski definition) is 3. The molecule has 4 heteroatoms. The van der Waals surface area contributed by atoms with Gasteiger partial charge in [-0.1, -0.05) is 25.3 Å². The van der Waals surface area contributed by atoms with Crippen molar-refractivity contribution in [1.82, 2.24) is 5.32 Å². The van der Waals surface area contributed by atoms with Crippen LogP contribution in [0.3, 0.4) is 0 Å². The summed E-state index contributed by atoms with van der Waals surface area (Å²) in [6.45, 7) is 0. The summed E-state index contributed by atoms with van der Waals surface area (Å²) in [7, 11) is 0. The van der Waals surface area contributed by atoms with Gasteiger partial charge in [-0.05, 0) is 24.3 Å². The molecule has 0 aromatic carbocycles. The molecule has 1 aromatic heterocycles. The molecule has 1 aromatic rings. The summed E-state index contributed by atoms with van der Waals surface area (Å²) in [4.78, 5) is 12.7. The Balaban J connectivity index is 1.98. The van der Waals surface area contributed by atoms with E-state index in [4.69, 9.17) is 5.26 Å². The zero-order valence-corrected chi connectivity index (χ0v) is 11.0. The molecule has 0 aliphatic heterocycles. The third kappa shape index (κ3) is 3.44. The topological polar surface area (TPSA) is 52.9 Å². The molecular formula is C14H16N2OS. The zero-order chi connectivity index (χ0) is 12.8. The minimum absolute atomic E-state index is 0.146. The lowest BCUT2D eigenvalue weighted by molar-refractivity contribution is -0.117. The number of nitrogens with zero attached hydrogens (tertiary/aromatic N) is 1. The fourth-order valence-corrected chi connectivity index (χ4v) is 2.90. The summed E-state index contributed by atoms with van der Waals surface area (Å²) >= 11 is 1.47. The van der Waals surface area contributed by atoms with E-state index in [1.807, 2.05) is 17.5 Å². The number of nitrogens with one attached hydrogen (secondary N) is 1. The van der Waals surface area contributed by atoms with Gasteiger partial charge < -0.3 is 5.32 Å². The molecule has 1 aliphatic carbocycles. The molecule has 1 heterocycles. The summed E-state index contributed by atoms with van der Waals surface area (Å²) in [5, 5.41) is 13.9. The van der Waals surface area contributed by atoms with Crippen molar-refractivity contribution in [2.75, 3.05) is 0 Å². The number of allylic oxidation sites excluding steroid dienone is 1. The maximum atomic E-state index is 11.8. The van der Waals surface area contributed by atoms with Crippen LogP contribution in [0.25, 0.3) is 5.57 Å². The SMILES string of the molecule is N#C/C(=C/C(=O)NC1CCCCC1)c1cccs1. The largest absolute Gasteiger partial charge is 0.350 e. The average Bonchev–Trinajstić information content (AvgIpc) is 2.91. The van der Waals surface area contributed by atoms with Crippen molar-refractivity contribution in [2.24, 2.45) is 0 Å². The minimum Gasteiger partial charge on any atom is -0.350 e. The van der Waals surface area contributed by atoms with E-state index in [1.165, 1.54) is 36.7 Å². The number of carbonyl (C=O) groups excluding carboxylic acids is 1. The van der Waals surface area contributed by atoms with Crippen molar-refractivity contribution in [3.63, 3.8) is 0 Å². The van der Waals surface area contributed by atoms with Gasteiger partial charge in [0.25, 0.3) is 0 Å². The second kappa shape index (κ2) is 6.36. The minimum atomic E-state index is -0.146. The van der Waals surface area contributed by atoms with Gasteiger partial charge in [0.2, 0.25) is 5.91 Å². The summed E-state index contributed by atoms with van der Waals surface area (Å²) in [5.41, 5.74) is 0.443. The molecule has 1 aliphatic rings. The van der Waals surface area contributed by atoms with E-state index in [0.717, 1.165) is 17.7 Å². The van der Waals surface area contributed by atoms with Crippen LogP contribution in [-0.2, 0) is 4.79 Å². The number of hydrogen-bond donors (Lipinski definition) is 1. The van der Waals surface area contributed by atoms with E-state index in [-0.39, 0.29) is 11.9 Å². The van der Waals surface area contributed by atoms with Gasteiger partial charge in [0, 0.05) is 17.0 Å². The van der Waals surface area contributed by atoms with Crippen LogP contribution in [0.2, 0.25) is 0 Å². The Labute approximate surface area is 111 Å². The molecule has 2 rings (SSSR count). The number of nitriles is 1. The van der Waals surface area contributed by atoms with E-state index in [9.17, 15) is 4.79 Å².